The average molecular weight is 341 g/mol. The molecule has 5 heteroatoms. The Kier molecular flexibility index (Phi) is 6.47. The van der Waals surface area contributed by atoms with Crippen molar-refractivity contribution in [2.24, 2.45) is 0 Å². The zero-order valence-electron chi connectivity index (χ0n) is 11.6. The number of halogens is 1. The fraction of sp³-hybridized carbons (Fsp3) is 0.600. The normalized spacial score (nSPS) is 16.1. The molecule has 20 heavy (non-hydrogen) atoms. The van der Waals surface area contributed by atoms with Crippen LogP contribution < -0.4 is 5.32 Å². The van der Waals surface area contributed by atoms with Crippen LogP contribution in [0.2, 0.25) is 0 Å². The number of ether oxygens (including phenoxy) is 1. The van der Waals surface area contributed by atoms with Gasteiger partial charge in [-0.2, -0.15) is 0 Å². The lowest BCUT2D eigenvalue weighted by atomic mass is 9.98. The molecule has 1 aromatic rings. The smallest absolute Gasteiger partial charge is 0.252 e. The predicted molar refractivity (Wildman–Crippen MR) is 81.7 cm³/mol. The van der Waals surface area contributed by atoms with E-state index in [1.54, 1.807) is 18.5 Å². The summed E-state index contributed by atoms with van der Waals surface area (Å²) in [6.45, 7) is 1.36. The maximum absolute atomic E-state index is 11.8. The lowest BCUT2D eigenvalue weighted by molar-refractivity contribution is 0.0273. The summed E-state index contributed by atoms with van der Waals surface area (Å²) in [6.07, 6.45) is 10.8. The fourth-order valence-electron chi connectivity index (χ4n) is 2.39. The number of nitrogens with one attached hydrogen (secondary N) is 1. The van der Waals surface area contributed by atoms with Gasteiger partial charge in [0.25, 0.3) is 5.91 Å². The average Bonchev–Trinajstić information content (AvgIpc) is 2.48. The van der Waals surface area contributed by atoms with Gasteiger partial charge in [0.1, 0.15) is 0 Å². The van der Waals surface area contributed by atoms with E-state index < -0.39 is 0 Å². The van der Waals surface area contributed by atoms with Crippen molar-refractivity contribution in [1.29, 1.82) is 0 Å². The maximum Gasteiger partial charge on any atom is 0.252 e. The molecule has 0 saturated heterocycles. The Morgan fingerprint density at radius 1 is 1.35 bits per heavy atom. The van der Waals surface area contributed by atoms with Crippen LogP contribution in [-0.4, -0.2) is 30.1 Å². The van der Waals surface area contributed by atoms with E-state index >= 15 is 0 Å². The second-order valence-electron chi connectivity index (χ2n) is 5.13. The Bertz CT molecular complexity index is 434. The second-order valence-corrected chi connectivity index (χ2v) is 6.05. The van der Waals surface area contributed by atoms with E-state index in [1.807, 2.05) is 0 Å². The van der Waals surface area contributed by atoms with Gasteiger partial charge in [-0.05, 0) is 41.3 Å². The molecule has 0 spiro atoms. The number of aromatic nitrogens is 1. The molecule has 1 aromatic heterocycles. The predicted octanol–water partition coefficient (Wildman–Crippen LogP) is 3.31. The number of hydrogen-bond acceptors (Lipinski definition) is 3. The van der Waals surface area contributed by atoms with Gasteiger partial charge in [-0.15, -0.1) is 0 Å². The first-order valence-electron chi connectivity index (χ1n) is 7.26. The minimum Gasteiger partial charge on any atom is -0.378 e. The quantitative estimate of drug-likeness (QED) is 0.808. The van der Waals surface area contributed by atoms with Gasteiger partial charge in [0.2, 0.25) is 0 Å². The van der Waals surface area contributed by atoms with Gasteiger partial charge >= 0.3 is 0 Å². The van der Waals surface area contributed by atoms with Gasteiger partial charge in [-0.25, -0.2) is 0 Å². The first-order chi connectivity index (χ1) is 9.75. The first kappa shape index (κ1) is 15.4. The van der Waals surface area contributed by atoms with Crippen molar-refractivity contribution in [2.75, 3.05) is 13.2 Å². The van der Waals surface area contributed by atoms with Gasteiger partial charge < -0.3 is 10.1 Å². The first-order valence-corrected chi connectivity index (χ1v) is 8.05. The molecule has 110 valence electrons. The van der Waals surface area contributed by atoms with Crippen molar-refractivity contribution in [2.45, 2.75) is 44.6 Å². The molecular formula is C15H21BrN2O2. The molecule has 0 unspecified atom stereocenters. The SMILES string of the molecule is O=C(NCCCOC1CCCCC1)c1cncc(Br)c1. The highest BCUT2D eigenvalue weighted by Gasteiger charge is 2.13. The summed E-state index contributed by atoms with van der Waals surface area (Å²) < 4.78 is 6.63. The summed E-state index contributed by atoms with van der Waals surface area (Å²) in [5, 5.41) is 2.88. The number of hydrogen-bond donors (Lipinski definition) is 1. The minimum atomic E-state index is -0.0866. The summed E-state index contributed by atoms with van der Waals surface area (Å²) in [5.41, 5.74) is 0.576. The molecule has 1 amide bonds. The van der Waals surface area contributed by atoms with Crippen molar-refractivity contribution in [3.8, 4) is 0 Å². The van der Waals surface area contributed by atoms with E-state index in [2.05, 4.69) is 26.2 Å². The summed E-state index contributed by atoms with van der Waals surface area (Å²) in [6, 6.07) is 1.76. The van der Waals surface area contributed by atoms with Crippen LogP contribution in [0.25, 0.3) is 0 Å². The molecule has 4 nitrogen and oxygen atoms in total. The highest BCUT2D eigenvalue weighted by atomic mass is 79.9. The molecule has 1 aliphatic rings. The van der Waals surface area contributed by atoms with E-state index in [0.29, 0.717) is 18.2 Å². The molecule has 0 atom stereocenters. The molecule has 1 aliphatic carbocycles. The van der Waals surface area contributed by atoms with Gasteiger partial charge in [0, 0.05) is 30.0 Å². The fourth-order valence-corrected chi connectivity index (χ4v) is 2.76. The molecule has 1 fully saturated rings. The van der Waals surface area contributed by atoms with Crippen LogP contribution in [0.1, 0.15) is 48.9 Å². The van der Waals surface area contributed by atoms with Crippen molar-refractivity contribution >= 4 is 21.8 Å². The monoisotopic (exact) mass is 340 g/mol. The highest BCUT2D eigenvalue weighted by Crippen LogP contribution is 2.20. The van der Waals surface area contributed by atoms with Crippen LogP contribution in [0.5, 0.6) is 0 Å². The van der Waals surface area contributed by atoms with Gasteiger partial charge in [-0.1, -0.05) is 19.3 Å². The summed E-state index contributed by atoms with van der Waals surface area (Å²) >= 11 is 3.31. The third-order valence-corrected chi connectivity index (χ3v) is 3.91. The molecule has 1 saturated carbocycles. The Labute approximate surface area is 128 Å². The van der Waals surface area contributed by atoms with Gasteiger partial charge in [-0.3, -0.25) is 9.78 Å². The molecule has 0 bridgehead atoms. The third-order valence-electron chi connectivity index (χ3n) is 3.48. The molecule has 0 radical (unpaired) electrons. The van der Waals surface area contributed by atoms with Crippen LogP contribution in [0.3, 0.4) is 0 Å². The molecule has 0 aromatic carbocycles. The Morgan fingerprint density at radius 2 is 2.15 bits per heavy atom. The van der Waals surface area contributed by atoms with Crippen LogP contribution in [0.4, 0.5) is 0 Å². The van der Waals surface area contributed by atoms with Crippen LogP contribution in [0, 0.1) is 0 Å². The number of carbonyl (C=O) groups excluding carboxylic acids is 1. The Morgan fingerprint density at radius 3 is 2.90 bits per heavy atom. The maximum atomic E-state index is 11.8. The number of nitrogens with zero attached hydrogens (tertiary/aromatic N) is 1. The zero-order chi connectivity index (χ0) is 14.2. The molecule has 1 heterocycles. The Hall–Kier alpha value is -0.940. The summed E-state index contributed by atoms with van der Waals surface area (Å²) in [5.74, 6) is -0.0866. The molecule has 1 N–H and O–H groups in total. The van der Waals surface area contributed by atoms with Crippen LogP contribution in [-0.2, 0) is 4.74 Å². The minimum absolute atomic E-state index is 0.0866. The van der Waals surface area contributed by atoms with Crippen molar-refractivity contribution in [3.63, 3.8) is 0 Å². The molecular weight excluding hydrogens is 320 g/mol. The van der Waals surface area contributed by atoms with Crippen molar-refractivity contribution < 1.29 is 9.53 Å². The van der Waals surface area contributed by atoms with E-state index in [-0.39, 0.29) is 5.91 Å². The highest BCUT2D eigenvalue weighted by molar-refractivity contribution is 9.10. The van der Waals surface area contributed by atoms with Crippen molar-refractivity contribution in [1.82, 2.24) is 10.3 Å². The Balaban J connectivity index is 1.59. The third kappa shape index (κ3) is 5.21. The number of amides is 1. The number of rotatable bonds is 6. The van der Waals surface area contributed by atoms with E-state index in [1.165, 1.54) is 32.1 Å². The molecule has 2 rings (SSSR count). The van der Waals surface area contributed by atoms with E-state index in [4.69, 9.17) is 4.74 Å². The number of carbonyl (C=O) groups is 1. The second kappa shape index (κ2) is 8.37. The van der Waals surface area contributed by atoms with E-state index in [0.717, 1.165) is 17.5 Å². The standard InChI is InChI=1S/C15H21BrN2O2/c16-13-9-12(10-17-11-13)15(19)18-7-4-8-20-14-5-2-1-3-6-14/h9-11,14H,1-8H2,(H,18,19). The van der Waals surface area contributed by atoms with Gasteiger partial charge in [0.05, 0.1) is 11.7 Å². The van der Waals surface area contributed by atoms with Crippen LogP contribution >= 0.6 is 15.9 Å². The topological polar surface area (TPSA) is 51.2 Å². The number of pyridine rings is 1. The van der Waals surface area contributed by atoms with Crippen molar-refractivity contribution in [3.05, 3.63) is 28.5 Å². The zero-order valence-corrected chi connectivity index (χ0v) is 13.2. The molecule has 0 aliphatic heterocycles. The summed E-state index contributed by atoms with van der Waals surface area (Å²) in [4.78, 5) is 15.8. The lowest BCUT2D eigenvalue weighted by Crippen LogP contribution is -2.26. The summed E-state index contributed by atoms with van der Waals surface area (Å²) in [7, 11) is 0. The van der Waals surface area contributed by atoms with E-state index in [9.17, 15) is 4.79 Å². The van der Waals surface area contributed by atoms with Gasteiger partial charge in [0.15, 0.2) is 0 Å². The lowest BCUT2D eigenvalue weighted by Gasteiger charge is -2.21. The van der Waals surface area contributed by atoms with Crippen LogP contribution in [0.15, 0.2) is 22.9 Å². The largest absolute Gasteiger partial charge is 0.378 e.